The lowest BCUT2D eigenvalue weighted by atomic mass is 9.45. The van der Waals surface area contributed by atoms with Gasteiger partial charge in [0, 0.05) is 0 Å². The number of carbonyl (C=O) groups excluding carboxylic acids is 1. The highest BCUT2D eigenvalue weighted by molar-refractivity contribution is 5.77. The van der Waals surface area contributed by atoms with Crippen molar-refractivity contribution in [1.82, 2.24) is 0 Å². The molecule has 1 aliphatic heterocycles. The molecule has 3 saturated carbocycles. The van der Waals surface area contributed by atoms with Crippen molar-refractivity contribution >= 4 is 5.97 Å². The summed E-state index contributed by atoms with van der Waals surface area (Å²) in [6.45, 7) is 5.27. The van der Waals surface area contributed by atoms with Crippen LogP contribution in [0.25, 0.3) is 0 Å². The van der Waals surface area contributed by atoms with Crippen LogP contribution in [-0.4, -0.2) is 85.6 Å². The van der Waals surface area contributed by atoms with Gasteiger partial charge in [0.15, 0.2) is 0 Å². The SMILES string of the molecule is C[C@@]12CCC[C@@](C)(C(=O)OC3OC(CO)C(O)C(O)C3O)[C@H]1CCC1C[C@@](C)(O)C(O)CC[C@H]12. The predicted molar refractivity (Wildman–Crippen MR) is 120 cm³/mol. The zero-order valence-electron chi connectivity index (χ0n) is 20.5. The predicted octanol–water partition coefficient (Wildman–Crippen LogP) is 0.464. The highest BCUT2D eigenvalue weighted by atomic mass is 16.7. The van der Waals surface area contributed by atoms with Gasteiger partial charge in [-0.1, -0.05) is 13.3 Å². The number of ether oxygens (including phenoxy) is 2. The molecule has 4 fully saturated rings. The standard InChI is InChI=1S/C25H42O9/c1-23-9-4-10-24(2,22(31)34-21-20(30)19(29)18(28)15(12-26)33-21)16(23)7-5-13-11-25(3,32)17(27)8-6-14(13)23/h13-21,26-30,32H,4-12H2,1-3H3/t13?,14-,15?,16+,17?,18?,19?,20?,21?,23+,24-,25-/m1/s1. The van der Waals surface area contributed by atoms with Crippen molar-refractivity contribution in [1.29, 1.82) is 0 Å². The van der Waals surface area contributed by atoms with Gasteiger partial charge in [-0.05, 0) is 82.0 Å². The van der Waals surface area contributed by atoms with Crippen LogP contribution >= 0.6 is 0 Å². The number of aliphatic hydroxyl groups is 6. The van der Waals surface area contributed by atoms with E-state index in [1.807, 2.05) is 6.92 Å². The Morgan fingerprint density at radius 1 is 0.971 bits per heavy atom. The maximum Gasteiger partial charge on any atom is 0.314 e. The molecule has 9 heteroatoms. The average Bonchev–Trinajstić information content (AvgIpc) is 2.89. The van der Waals surface area contributed by atoms with Gasteiger partial charge < -0.3 is 40.1 Å². The Balaban J connectivity index is 1.55. The first kappa shape index (κ1) is 26.3. The summed E-state index contributed by atoms with van der Waals surface area (Å²) in [6.07, 6.45) is -2.17. The van der Waals surface area contributed by atoms with Crippen LogP contribution in [-0.2, 0) is 14.3 Å². The molecule has 34 heavy (non-hydrogen) atoms. The zero-order chi connectivity index (χ0) is 25.1. The molecule has 0 aromatic rings. The fraction of sp³-hybridized carbons (Fsp3) is 0.960. The van der Waals surface area contributed by atoms with E-state index in [2.05, 4.69) is 6.92 Å². The molecule has 0 radical (unpaired) electrons. The molecular formula is C25H42O9. The van der Waals surface area contributed by atoms with Crippen LogP contribution in [0, 0.1) is 28.6 Å². The van der Waals surface area contributed by atoms with Gasteiger partial charge in [0.1, 0.15) is 24.4 Å². The third-order valence-corrected chi connectivity index (χ3v) is 9.90. The first-order chi connectivity index (χ1) is 15.8. The molecular weight excluding hydrogens is 444 g/mol. The van der Waals surface area contributed by atoms with Crippen LogP contribution in [0.5, 0.6) is 0 Å². The van der Waals surface area contributed by atoms with Crippen molar-refractivity contribution in [3.8, 4) is 0 Å². The van der Waals surface area contributed by atoms with E-state index >= 15 is 0 Å². The summed E-state index contributed by atoms with van der Waals surface area (Å²) in [7, 11) is 0. The third-order valence-electron chi connectivity index (χ3n) is 9.90. The minimum Gasteiger partial charge on any atom is -0.432 e. The number of hydrogen-bond acceptors (Lipinski definition) is 9. The van der Waals surface area contributed by atoms with Crippen molar-refractivity contribution in [2.24, 2.45) is 28.6 Å². The van der Waals surface area contributed by atoms with Crippen LogP contribution in [0.1, 0.15) is 72.1 Å². The van der Waals surface area contributed by atoms with Crippen molar-refractivity contribution in [2.45, 2.75) is 115 Å². The fourth-order valence-electron chi connectivity index (χ4n) is 7.90. The van der Waals surface area contributed by atoms with Crippen LogP contribution in [0.2, 0.25) is 0 Å². The first-order valence-corrected chi connectivity index (χ1v) is 12.8. The lowest BCUT2D eigenvalue weighted by Crippen LogP contribution is -2.61. The largest absolute Gasteiger partial charge is 0.432 e. The smallest absolute Gasteiger partial charge is 0.314 e. The molecule has 0 aromatic carbocycles. The van der Waals surface area contributed by atoms with Crippen molar-refractivity contribution < 1.29 is 44.9 Å². The average molecular weight is 487 g/mol. The van der Waals surface area contributed by atoms with E-state index in [1.165, 1.54) is 0 Å². The zero-order valence-corrected chi connectivity index (χ0v) is 20.5. The number of fused-ring (bicyclic) bond motifs is 3. The third kappa shape index (κ3) is 4.21. The van der Waals surface area contributed by atoms with Crippen LogP contribution in [0.15, 0.2) is 0 Å². The van der Waals surface area contributed by atoms with Crippen molar-refractivity contribution in [3.05, 3.63) is 0 Å². The monoisotopic (exact) mass is 486 g/mol. The molecule has 1 heterocycles. The number of rotatable bonds is 3. The van der Waals surface area contributed by atoms with Gasteiger partial charge in [0.25, 0.3) is 0 Å². The normalized spacial score (nSPS) is 53.9. The molecule has 4 rings (SSSR count). The molecule has 6 N–H and O–H groups in total. The van der Waals surface area contributed by atoms with E-state index in [1.54, 1.807) is 6.92 Å². The van der Waals surface area contributed by atoms with Crippen molar-refractivity contribution in [2.75, 3.05) is 6.61 Å². The Morgan fingerprint density at radius 2 is 1.68 bits per heavy atom. The fourth-order valence-corrected chi connectivity index (χ4v) is 7.90. The van der Waals surface area contributed by atoms with Gasteiger partial charge in [-0.3, -0.25) is 4.79 Å². The summed E-state index contributed by atoms with van der Waals surface area (Å²) in [6, 6.07) is 0. The Hall–Kier alpha value is -0.810. The maximum absolute atomic E-state index is 13.6. The van der Waals surface area contributed by atoms with Crippen LogP contribution in [0.4, 0.5) is 0 Å². The minimum atomic E-state index is -1.62. The Bertz CT molecular complexity index is 757. The second kappa shape index (κ2) is 9.25. The molecule has 0 bridgehead atoms. The number of aliphatic hydroxyl groups excluding tert-OH is 5. The molecule has 1 saturated heterocycles. The number of esters is 1. The molecule has 0 aromatic heterocycles. The van der Waals surface area contributed by atoms with Gasteiger partial charge >= 0.3 is 5.97 Å². The number of carbonyl (C=O) groups is 1. The number of hydrogen-bond donors (Lipinski definition) is 6. The molecule has 4 aliphatic rings. The van der Waals surface area contributed by atoms with E-state index in [0.29, 0.717) is 19.3 Å². The van der Waals surface area contributed by atoms with Crippen LogP contribution < -0.4 is 0 Å². The van der Waals surface area contributed by atoms with Crippen LogP contribution in [0.3, 0.4) is 0 Å². The van der Waals surface area contributed by atoms with E-state index in [4.69, 9.17) is 9.47 Å². The van der Waals surface area contributed by atoms with Crippen molar-refractivity contribution in [3.63, 3.8) is 0 Å². The highest BCUT2D eigenvalue weighted by Crippen LogP contribution is 2.64. The van der Waals surface area contributed by atoms with Gasteiger partial charge in [0.2, 0.25) is 6.29 Å². The highest BCUT2D eigenvalue weighted by Gasteiger charge is 2.61. The topological polar surface area (TPSA) is 157 Å². The lowest BCUT2D eigenvalue weighted by Gasteiger charge is -2.59. The summed E-state index contributed by atoms with van der Waals surface area (Å²) >= 11 is 0. The van der Waals surface area contributed by atoms with Gasteiger partial charge in [0.05, 0.1) is 23.7 Å². The van der Waals surface area contributed by atoms with E-state index in [0.717, 1.165) is 32.1 Å². The summed E-state index contributed by atoms with van der Waals surface area (Å²) in [4.78, 5) is 13.6. The molecule has 0 amide bonds. The summed E-state index contributed by atoms with van der Waals surface area (Å²) in [5.41, 5.74) is -2.10. The summed E-state index contributed by atoms with van der Waals surface area (Å²) in [5, 5.41) is 61.2. The quantitative estimate of drug-likeness (QED) is 0.312. The Morgan fingerprint density at radius 3 is 2.35 bits per heavy atom. The lowest BCUT2D eigenvalue weighted by molar-refractivity contribution is -0.297. The molecule has 12 atom stereocenters. The van der Waals surface area contributed by atoms with Gasteiger partial charge in [-0.25, -0.2) is 0 Å². The molecule has 3 aliphatic carbocycles. The first-order valence-electron chi connectivity index (χ1n) is 12.8. The molecule has 7 unspecified atom stereocenters. The molecule has 196 valence electrons. The van der Waals surface area contributed by atoms with E-state index in [9.17, 15) is 35.4 Å². The Kier molecular flexibility index (Phi) is 7.14. The molecule has 0 spiro atoms. The van der Waals surface area contributed by atoms with Gasteiger partial charge in [-0.15, -0.1) is 0 Å². The Labute approximate surface area is 201 Å². The summed E-state index contributed by atoms with van der Waals surface area (Å²) in [5.74, 6) is 0.0613. The van der Waals surface area contributed by atoms with E-state index in [-0.39, 0.29) is 23.2 Å². The van der Waals surface area contributed by atoms with E-state index < -0.39 is 60.4 Å². The van der Waals surface area contributed by atoms with Gasteiger partial charge in [-0.2, -0.15) is 0 Å². The minimum absolute atomic E-state index is 0.0209. The summed E-state index contributed by atoms with van der Waals surface area (Å²) < 4.78 is 11.1. The second-order valence-electron chi connectivity index (χ2n) is 12.0. The molecule has 9 nitrogen and oxygen atoms in total. The maximum atomic E-state index is 13.6. The second-order valence-corrected chi connectivity index (χ2v) is 12.0.